The minimum atomic E-state index is 0.647. The lowest BCUT2D eigenvalue weighted by atomic mass is 9.97. The Bertz CT molecular complexity index is 2880. The molecular formula is C46H28N4O. The molecular weight excluding hydrogens is 625 g/mol. The number of fused-ring (bicyclic) bond motifs is 7. The number of benzene rings is 6. The summed E-state index contributed by atoms with van der Waals surface area (Å²) in [6.07, 6.45) is 1.79. The normalized spacial score (nSPS) is 11.5. The highest BCUT2D eigenvalue weighted by Gasteiger charge is 2.18. The van der Waals surface area contributed by atoms with Gasteiger partial charge in [-0.3, -0.25) is 4.98 Å². The summed E-state index contributed by atoms with van der Waals surface area (Å²) in [6, 6.07) is 56.0. The van der Waals surface area contributed by atoms with Gasteiger partial charge in [-0.2, -0.15) is 0 Å². The smallest absolute Gasteiger partial charge is 0.160 e. The number of hydrogen-bond donors (Lipinski definition) is 0. The summed E-state index contributed by atoms with van der Waals surface area (Å²) in [4.78, 5) is 19.9. The summed E-state index contributed by atoms with van der Waals surface area (Å²) in [5, 5.41) is 5.42. The van der Waals surface area contributed by atoms with E-state index in [1.54, 1.807) is 6.20 Å². The fraction of sp³-hybridized carbons (Fsp3) is 0. The van der Waals surface area contributed by atoms with Crippen molar-refractivity contribution in [3.05, 3.63) is 170 Å². The minimum absolute atomic E-state index is 0.647. The van der Waals surface area contributed by atoms with Crippen LogP contribution < -0.4 is 0 Å². The molecule has 0 radical (unpaired) electrons. The lowest BCUT2D eigenvalue weighted by Gasteiger charge is -2.12. The summed E-state index contributed by atoms with van der Waals surface area (Å²) in [7, 11) is 0. The van der Waals surface area contributed by atoms with E-state index >= 15 is 0 Å². The van der Waals surface area contributed by atoms with Gasteiger partial charge in [-0.1, -0.05) is 127 Å². The molecule has 0 saturated carbocycles. The van der Waals surface area contributed by atoms with Crippen LogP contribution in [0, 0.1) is 0 Å². The Morgan fingerprint density at radius 1 is 0.392 bits per heavy atom. The molecule has 0 N–H and O–H groups in total. The van der Waals surface area contributed by atoms with Crippen molar-refractivity contribution >= 4 is 43.6 Å². The molecule has 4 aromatic heterocycles. The minimum Gasteiger partial charge on any atom is -0.455 e. The van der Waals surface area contributed by atoms with E-state index in [0.717, 1.165) is 88.6 Å². The van der Waals surface area contributed by atoms with Gasteiger partial charge in [0, 0.05) is 49.8 Å². The molecule has 51 heavy (non-hydrogen) atoms. The quantitative estimate of drug-likeness (QED) is 0.173. The average molecular weight is 653 g/mol. The van der Waals surface area contributed by atoms with E-state index in [0.29, 0.717) is 5.82 Å². The second-order valence-electron chi connectivity index (χ2n) is 12.6. The van der Waals surface area contributed by atoms with Crippen LogP contribution in [0.15, 0.2) is 174 Å². The molecule has 0 amide bonds. The Morgan fingerprint density at radius 2 is 1.04 bits per heavy atom. The van der Waals surface area contributed by atoms with Gasteiger partial charge in [-0.25, -0.2) is 15.0 Å². The zero-order chi connectivity index (χ0) is 33.7. The Kier molecular flexibility index (Phi) is 6.74. The Balaban J connectivity index is 1.09. The summed E-state index contributed by atoms with van der Waals surface area (Å²) in [5.41, 5.74) is 11.2. The Morgan fingerprint density at radius 3 is 1.86 bits per heavy atom. The number of hydrogen-bond acceptors (Lipinski definition) is 5. The van der Waals surface area contributed by atoms with Crippen molar-refractivity contribution in [2.75, 3.05) is 0 Å². The standard InChI is InChI=1S/C46H28N4O/c1-2-10-29(11-3-1)30-17-23-33(24-18-30)46-49-40(28-41(50-46)39-15-8-9-27-47-39)31-19-21-32(22-20-31)44-37-26-25-35-34-12-5-7-16-42(34)51-45(35)43(37)36-13-4-6-14-38(36)48-44/h1-28H. The van der Waals surface area contributed by atoms with E-state index in [2.05, 4.69) is 120 Å². The molecule has 5 nitrogen and oxygen atoms in total. The molecule has 4 heterocycles. The number of para-hydroxylation sites is 2. The van der Waals surface area contributed by atoms with Crippen LogP contribution in [0.1, 0.15) is 0 Å². The summed E-state index contributed by atoms with van der Waals surface area (Å²) < 4.78 is 6.52. The molecule has 5 heteroatoms. The predicted octanol–water partition coefficient (Wildman–Crippen LogP) is 11.8. The van der Waals surface area contributed by atoms with Crippen LogP contribution in [0.3, 0.4) is 0 Å². The highest BCUT2D eigenvalue weighted by Crippen LogP contribution is 2.41. The van der Waals surface area contributed by atoms with Gasteiger partial charge in [-0.05, 0) is 47.5 Å². The van der Waals surface area contributed by atoms with E-state index < -0.39 is 0 Å². The third-order valence-electron chi connectivity index (χ3n) is 9.57. The summed E-state index contributed by atoms with van der Waals surface area (Å²) in [6.45, 7) is 0. The van der Waals surface area contributed by atoms with Crippen LogP contribution in [0.25, 0.3) is 100 Å². The molecule has 0 bridgehead atoms. The van der Waals surface area contributed by atoms with Crippen LogP contribution in [0.5, 0.6) is 0 Å². The van der Waals surface area contributed by atoms with Crippen LogP contribution in [0.4, 0.5) is 0 Å². The molecule has 0 saturated heterocycles. The zero-order valence-electron chi connectivity index (χ0n) is 27.4. The van der Waals surface area contributed by atoms with Crippen molar-refractivity contribution in [2.24, 2.45) is 0 Å². The number of pyridine rings is 2. The third-order valence-corrected chi connectivity index (χ3v) is 9.57. The van der Waals surface area contributed by atoms with Crippen LogP contribution in [0.2, 0.25) is 0 Å². The van der Waals surface area contributed by atoms with E-state index in [1.165, 1.54) is 5.56 Å². The van der Waals surface area contributed by atoms with Crippen LogP contribution in [-0.2, 0) is 0 Å². The van der Waals surface area contributed by atoms with Crippen molar-refractivity contribution < 1.29 is 4.42 Å². The summed E-state index contributed by atoms with van der Waals surface area (Å²) >= 11 is 0. The Labute approximate surface area is 293 Å². The maximum atomic E-state index is 6.52. The predicted molar refractivity (Wildman–Crippen MR) is 207 cm³/mol. The van der Waals surface area contributed by atoms with Gasteiger partial charge in [0.05, 0.1) is 28.3 Å². The summed E-state index contributed by atoms with van der Waals surface area (Å²) in [5.74, 6) is 0.647. The molecule has 6 aromatic carbocycles. The molecule has 0 aliphatic carbocycles. The van der Waals surface area contributed by atoms with Gasteiger partial charge in [0.1, 0.15) is 11.2 Å². The molecule has 238 valence electrons. The third kappa shape index (κ3) is 5.03. The van der Waals surface area contributed by atoms with Crippen molar-refractivity contribution in [3.8, 4) is 56.4 Å². The maximum absolute atomic E-state index is 6.52. The molecule has 10 rings (SSSR count). The molecule has 0 atom stereocenters. The first-order valence-corrected chi connectivity index (χ1v) is 17.0. The van der Waals surface area contributed by atoms with Crippen molar-refractivity contribution in [1.29, 1.82) is 0 Å². The van der Waals surface area contributed by atoms with Gasteiger partial charge < -0.3 is 4.42 Å². The van der Waals surface area contributed by atoms with Gasteiger partial charge in [0.2, 0.25) is 0 Å². The molecule has 10 aromatic rings. The second kappa shape index (κ2) is 11.9. The first-order chi connectivity index (χ1) is 25.3. The van der Waals surface area contributed by atoms with E-state index in [9.17, 15) is 0 Å². The lowest BCUT2D eigenvalue weighted by Crippen LogP contribution is -1.97. The molecule has 0 aliphatic rings. The first kappa shape index (κ1) is 29.0. The Hall–Kier alpha value is -6.98. The van der Waals surface area contributed by atoms with Gasteiger partial charge >= 0.3 is 0 Å². The largest absolute Gasteiger partial charge is 0.455 e. The topological polar surface area (TPSA) is 64.7 Å². The number of rotatable bonds is 5. The maximum Gasteiger partial charge on any atom is 0.160 e. The first-order valence-electron chi connectivity index (χ1n) is 17.0. The van der Waals surface area contributed by atoms with Gasteiger partial charge in [-0.15, -0.1) is 0 Å². The zero-order valence-corrected chi connectivity index (χ0v) is 27.4. The fourth-order valence-corrected chi connectivity index (χ4v) is 7.05. The fourth-order valence-electron chi connectivity index (χ4n) is 7.05. The monoisotopic (exact) mass is 652 g/mol. The molecule has 0 spiro atoms. The van der Waals surface area contributed by atoms with Crippen molar-refractivity contribution in [3.63, 3.8) is 0 Å². The number of aromatic nitrogens is 4. The van der Waals surface area contributed by atoms with E-state index in [1.807, 2.05) is 48.5 Å². The SMILES string of the molecule is c1ccc(-c2ccc(-c3nc(-c4ccc(-c5nc6ccccc6c6c5ccc5c7ccccc7oc56)cc4)cc(-c4ccccn4)n3)cc2)cc1. The number of furan rings is 1. The molecule has 0 unspecified atom stereocenters. The van der Waals surface area contributed by atoms with Gasteiger partial charge in [0.25, 0.3) is 0 Å². The average Bonchev–Trinajstić information content (AvgIpc) is 3.60. The van der Waals surface area contributed by atoms with Gasteiger partial charge in [0.15, 0.2) is 5.82 Å². The highest BCUT2D eigenvalue weighted by atomic mass is 16.3. The van der Waals surface area contributed by atoms with Crippen LogP contribution >= 0.6 is 0 Å². The lowest BCUT2D eigenvalue weighted by molar-refractivity contribution is 0.673. The van der Waals surface area contributed by atoms with Crippen molar-refractivity contribution in [2.45, 2.75) is 0 Å². The molecule has 0 fully saturated rings. The highest BCUT2D eigenvalue weighted by molar-refractivity contribution is 6.24. The molecule has 0 aliphatic heterocycles. The number of nitrogens with zero attached hydrogens (tertiary/aromatic N) is 4. The van der Waals surface area contributed by atoms with Crippen molar-refractivity contribution in [1.82, 2.24) is 19.9 Å². The van der Waals surface area contributed by atoms with E-state index in [-0.39, 0.29) is 0 Å². The van der Waals surface area contributed by atoms with Crippen LogP contribution in [-0.4, -0.2) is 19.9 Å². The van der Waals surface area contributed by atoms with E-state index in [4.69, 9.17) is 19.4 Å². The second-order valence-corrected chi connectivity index (χ2v) is 12.6.